The number of carbonyl (C=O) groups excluding carboxylic acids is 1. The maximum Gasteiger partial charge on any atom is 0.179 e. The molecule has 2 aliphatic rings. The molecule has 2 heterocycles. The van der Waals surface area contributed by atoms with Crippen molar-refractivity contribution in [1.29, 1.82) is 5.26 Å². The van der Waals surface area contributed by atoms with E-state index < -0.39 is 0 Å². The Kier molecular flexibility index (Phi) is 6.90. The zero-order chi connectivity index (χ0) is 20.8. The molecule has 2 aliphatic carbocycles. The number of ketones is 1. The molecule has 4 nitrogen and oxygen atoms in total. The van der Waals surface area contributed by atoms with E-state index >= 15 is 0 Å². The van der Waals surface area contributed by atoms with E-state index in [0.717, 1.165) is 11.1 Å². The van der Waals surface area contributed by atoms with E-state index in [0.29, 0.717) is 27.6 Å². The summed E-state index contributed by atoms with van der Waals surface area (Å²) in [6.07, 6.45) is 7.96. The lowest BCUT2D eigenvalue weighted by Crippen LogP contribution is -1.97. The Morgan fingerprint density at radius 3 is 1.90 bits per heavy atom. The number of hydrogen-bond acceptors (Lipinski definition) is 4. The lowest BCUT2D eigenvalue weighted by Gasteiger charge is -1.98. The lowest BCUT2D eigenvalue weighted by atomic mass is 10.2. The minimum Gasteiger partial charge on any atom is -0.293 e. The van der Waals surface area contributed by atoms with Crippen molar-refractivity contribution < 1.29 is 4.79 Å². The van der Waals surface area contributed by atoms with Gasteiger partial charge in [-0.1, -0.05) is 46.9 Å². The maximum atomic E-state index is 11.1. The zero-order valence-corrected chi connectivity index (χ0v) is 17.3. The van der Waals surface area contributed by atoms with E-state index in [1.54, 1.807) is 24.5 Å². The van der Waals surface area contributed by atoms with Gasteiger partial charge in [0.1, 0.15) is 11.8 Å². The van der Waals surface area contributed by atoms with E-state index in [1.807, 2.05) is 6.07 Å². The smallest absolute Gasteiger partial charge is 0.179 e. The van der Waals surface area contributed by atoms with E-state index in [9.17, 15) is 4.79 Å². The minimum absolute atomic E-state index is 0.123. The maximum absolute atomic E-state index is 11.1. The van der Waals surface area contributed by atoms with Crippen molar-refractivity contribution in [1.82, 2.24) is 9.97 Å². The van der Waals surface area contributed by atoms with Crippen LogP contribution in [0.25, 0.3) is 0 Å². The number of pyridine rings is 2. The van der Waals surface area contributed by atoms with Crippen molar-refractivity contribution in [2.75, 3.05) is 0 Å². The van der Waals surface area contributed by atoms with Crippen LogP contribution in [0.5, 0.6) is 0 Å². The van der Waals surface area contributed by atoms with Crippen LogP contribution >= 0.6 is 23.2 Å². The van der Waals surface area contributed by atoms with Crippen molar-refractivity contribution >= 4 is 29.0 Å². The number of nitrogens with zero attached hydrogens (tertiary/aromatic N) is 3. The highest BCUT2D eigenvalue weighted by atomic mass is 35.5. The van der Waals surface area contributed by atoms with Gasteiger partial charge in [0.05, 0.1) is 10.0 Å². The van der Waals surface area contributed by atoms with Gasteiger partial charge >= 0.3 is 0 Å². The molecule has 2 aromatic rings. The van der Waals surface area contributed by atoms with Crippen molar-refractivity contribution in [3.63, 3.8) is 0 Å². The van der Waals surface area contributed by atoms with Crippen LogP contribution in [0.3, 0.4) is 0 Å². The Morgan fingerprint density at radius 1 is 0.966 bits per heavy atom. The Hall–Kier alpha value is -2.84. The molecule has 6 heteroatoms. The summed E-state index contributed by atoms with van der Waals surface area (Å²) in [5.74, 6) is 13.2. The number of nitriles is 1. The van der Waals surface area contributed by atoms with E-state index in [1.165, 1.54) is 32.6 Å². The fraction of sp³-hybridized carbons (Fsp3) is 0.304. The van der Waals surface area contributed by atoms with Gasteiger partial charge in [0.2, 0.25) is 0 Å². The quantitative estimate of drug-likeness (QED) is 0.476. The number of halogens is 2. The summed E-state index contributed by atoms with van der Waals surface area (Å²) in [5, 5.41) is 9.35. The third kappa shape index (κ3) is 6.62. The van der Waals surface area contributed by atoms with Gasteiger partial charge < -0.3 is 0 Å². The van der Waals surface area contributed by atoms with E-state index in [4.69, 9.17) is 28.5 Å². The molecule has 2 saturated carbocycles. The Morgan fingerprint density at radius 2 is 1.48 bits per heavy atom. The minimum atomic E-state index is -0.123. The molecule has 0 saturated heterocycles. The van der Waals surface area contributed by atoms with E-state index in [-0.39, 0.29) is 11.5 Å². The fourth-order valence-corrected chi connectivity index (χ4v) is 2.69. The standard InChI is InChI=1S/C12H10ClNO.C11H7ClN2/c1-8(15)12-11(13)6-10(7-14-12)5-4-9-2-3-9;12-10-5-9(4-3-8-1-2-8)7-14-11(10)6-13/h6-7,9H,2-3H2,1H3;5,7-8H,1-2H2. The van der Waals surface area contributed by atoms with Crippen molar-refractivity contribution in [3.05, 3.63) is 57.1 Å². The van der Waals surface area contributed by atoms with Gasteiger partial charge in [0.15, 0.2) is 11.5 Å². The van der Waals surface area contributed by atoms with Gasteiger partial charge in [-0.15, -0.1) is 0 Å². The van der Waals surface area contributed by atoms with Gasteiger partial charge in [-0.3, -0.25) is 9.78 Å². The lowest BCUT2D eigenvalue weighted by molar-refractivity contribution is 0.101. The van der Waals surface area contributed by atoms with Gasteiger partial charge in [0, 0.05) is 42.3 Å². The second kappa shape index (κ2) is 9.58. The van der Waals surface area contributed by atoms with Crippen molar-refractivity contribution in [3.8, 4) is 29.8 Å². The molecule has 4 rings (SSSR count). The molecule has 2 fully saturated rings. The second-order valence-corrected chi connectivity index (χ2v) is 7.68. The van der Waals surface area contributed by atoms with Crippen LogP contribution < -0.4 is 0 Å². The number of aromatic nitrogens is 2. The molecule has 0 aromatic carbocycles. The molecule has 0 atom stereocenters. The predicted octanol–water partition coefficient (Wildman–Crippen LogP) is 5.07. The fourth-order valence-electron chi connectivity index (χ4n) is 2.18. The monoisotopic (exact) mass is 421 g/mol. The molecule has 0 N–H and O–H groups in total. The molecule has 0 spiro atoms. The summed E-state index contributed by atoms with van der Waals surface area (Å²) in [6.45, 7) is 1.45. The highest BCUT2D eigenvalue weighted by Crippen LogP contribution is 2.28. The molecule has 0 radical (unpaired) electrons. The first-order chi connectivity index (χ1) is 14.0. The van der Waals surface area contributed by atoms with Crippen LogP contribution in [0.2, 0.25) is 10.0 Å². The van der Waals surface area contributed by atoms with Gasteiger partial charge in [-0.2, -0.15) is 5.26 Å². The Labute approximate surface area is 180 Å². The zero-order valence-electron chi connectivity index (χ0n) is 15.8. The van der Waals surface area contributed by atoms with Gasteiger partial charge in [0.25, 0.3) is 0 Å². The van der Waals surface area contributed by atoms with Crippen LogP contribution in [0.1, 0.15) is 59.9 Å². The molecule has 144 valence electrons. The summed E-state index contributed by atoms with van der Waals surface area (Å²) in [5.41, 5.74) is 2.12. The summed E-state index contributed by atoms with van der Waals surface area (Å²) in [7, 11) is 0. The molecule has 29 heavy (non-hydrogen) atoms. The molecule has 0 bridgehead atoms. The predicted molar refractivity (Wildman–Crippen MR) is 112 cm³/mol. The molecular weight excluding hydrogens is 405 g/mol. The number of hydrogen-bond donors (Lipinski definition) is 0. The summed E-state index contributed by atoms with van der Waals surface area (Å²) in [6, 6.07) is 5.29. The van der Waals surface area contributed by atoms with Crippen LogP contribution in [0, 0.1) is 46.8 Å². The third-order valence-electron chi connectivity index (χ3n) is 4.12. The summed E-state index contributed by atoms with van der Waals surface area (Å²) in [4.78, 5) is 19.0. The highest BCUT2D eigenvalue weighted by Gasteiger charge is 2.18. The van der Waals surface area contributed by atoms with E-state index in [2.05, 4.69) is 33.6 Å². The van der Waals surface area contributed by atoms with Gasteiger partial charge in [-0.05, 0) is 37.8 Å². The number of carbonyl (C=O) groups is 1. The van der Waals surface area contributed by atoms with Crippen LogP contribution in [-0.4, -0.2) is 15.8 Å². The molecule has 2 aromatic heterocycles. The molecule has 0 aliphatic heterocycles. The largest absolute Gasteiger partial charge is 0.293 e. The van der Waals surface area contributed by atoms with Crippen LogP contribution in [0.4, 0.5) is 0 Å². The average molecular weight is 422 g/mol. The number of Topliss-reactive ketones (excluding diaryl/α,β-unsaturated/α-hetero) is 1. The third-order valence-corrected chi connectivity index (χ3v) is 4.69. The Balaban J connectivity index is 0.000000166. The molecule has 0 amide bonds. The average Bonchev–Trinajstić information content (AvgIpc) is 3.60. The molecule has 0 unspecified atom stereocenters. The number of rotatable bonds is 1. The molecular formula is C23H17Cl2N3O. The van der Waals surface area contributed by atoms with Gasteiger partial charge in [-0.25, -0.2) is 4.98 Å². The SMILES string of the molecule is CC(=O)c1ncc(C#CC2CC2)cc1Cl.N#Cc1ncc(C#CC2CC2)cc1Cl. The van der Waals surface area contributed by atoms with Crippen molar-refractivity contribution in [2.24, 2.45) is 11.8 Å². The first-order valence-electron chi connectivity index (χ1n) is 9.21. The summed E-state index contributed by atoms with van der Waals surface area (Å²) < 4.78 is 0. The normalized spacial score (nSPS) is 14.1. The van der Waals surface area contributed by atoms with Crippen LogP contribution in [0.15, 0.2) is 24.5 Å². The second-order valence-electron chi connectivity index (χ2n) is 6.86. The summed E-state index contributed by atoms with van der Waals surface area (Å²) >= 11 is 11.7. The highest BCUT2D eigenvalue weighted by molar-refractivity contribution is 6.33. The topological polar surface area (TPSA) is 66.6 Å². The first kappa shape index (κ1) is 20.9. The van der Waals surface area contributed by atoms with Crippen LogP contribution in [-0.2, 0) is 0 Å². The van der Waals surface area contributed by atoms with Crippen molar-refractivity contribution in [2.45, 2.75) is 32.6 Å². The Bertz CT molecular complexity index is 1100. The first-order valence-corrected chi connectivity index (χ1v) is 9.97.